The van der Waals surface area contributed by atoms with Gasteiger partial charge < -0.3 is 44.1 Å². The van der Waals surface area contributed by atoms with Crippen molar-refractivity contribution in [1.29, 1.82) is 0 Å². The van der Waals surface area contributed by atoms with Crippen LogP contribution in [0.25, 0.3) is 0 Å². The van der Waals surface area contributed by atoms with Crippen molar-refractivity contribution in [2.75, 3.05) is 171 Å². The van der Waals surface area contributed by atoms with Crippen LogP contribution in [0.3, 0.4) is 0 Å². The predicted octanol–water partition coefficient (Wildman–Crippen LogP) is 6.52. The van der Waals surface area contributed by atoms with Crippen LogP contribution in [-0.4, -0.2) is 135 Å². The molecule has 1 aliphatic carbocycles. The summed E-state index contributed by atoms with van der Waals surface area (Å²) in [6, 6.07) is 7.46. The van der Waals surface area contributed by atoms with Crippen LogP contribution in [0.2, 0.25) is 0 Å². The number of nitrogens with zero attached hydrogens (tertiary/aromatic N) is 9. The Morgan fingerprint density at radius 3 is 0.759 bits per heavy atom. The maximum absolute atomic E-state index is 3.48. The lowest BCUT2D eigenvalue weighted by Crippen LogP contribution is -2.73. The fraction of sp³-hybridized carbons (Fsp3) is 0.542. The Balaban J connectivity index is 2.79. The van der Waals surface area contributed by atoms with Crippen LogP contribution in [0.4, 0.5) is 51.2 Å². The monoisotopic (exact) mass is 810 g/mol. The lowest BCUT2D eigenvalue weighted by atomic mass is 10.1. The highest BCUT2D eigenvalue weighted by Crippen LogP contribution is 2.50. The first kappa shape index (κ1) is 46.2. The predicted molar refractivity (Wildman–Crippen MR) is 267 cm³/mol. The van der Waals surface area contributed by atoms with Gasteiger partial charge in [-0.2, -0.15) is 0 Å². The molecule has 1 unspecified atom stereocenters. The second-order valence-corrected chi connectivity index (χ2v) is 22.3. The first-order chi connectivity index (χ1) is 26.7. The summed E-state index contributed by atoms with van der Waals surface area (Å²) in [5, 5.41) is 5.95. The van der Waals surface area contributed by atoms with E-state index >= 15 is 0 Å². The van der Waals surface area contributed by atoms with E-state index in [1.807, 2.05) is 0 Å². The highest BCUT2D eigenvalue weighted by Gasteiger charge is 2.56. The van der Waals surface area contributed by atoms with Crippen molar-refractivity contribution < 1.29 is 0 Å². The van der Waals surface area contributed by atoms with Gasteiger partial charge in [0.05, 0.1) is 51.2 Å². The van der Waals surface area contributed by atoms with Gasteiger partial charge in [-0.3, -0.25) is 0 Å². The Labute approximate surface area is 355 Å². The average molecular weight is 810 g/mol. The minimum atomic E-state index is -3.48. The zero-order chi connectivity index (χ0) is 44.4. The molecule has 58 heavy (non-hydrogen) atoms. The van der Waals surface area contributed by atoms with Crippen LogP contribution >= 0.6 is 0 Å². The second kappa shape index (κ2) is 16.7. The Morgan fingerprint density at radius 1 is 0.345 bits per heavy atom. The first-order valence-electron chi connectivity index (χ1n) is 20.7. The van der Waals surface area contributed by atoms with Crippen LogP contribution in [0, 0.1) is 26.7 Å². The minimum absolute atomic E-state index is 0.217. The molecule has 0 heterocycles. The lowest BCUT2D eigenvalue weighted by molar-refractivity contribution is 0.851. The van der Waals surface area contributed by atoms with Gasteiger partial charge in [0.25, 0.3) is 0 Å². The Bertz CT molecular complexity index is 1920. The summed E-state index contributed by atoms with van der Waals surface area (Å²) in [5.41, 5.74) is 19.5. The van der Waals surface area contributed by atoms with Crippen LogP contribution < -0.4 is 59.7 Å². The zero-order valence-corrected chi connectivity index (χ0v) is 42.3. The molecule has 0 saturated carbocycles. The van der Waals surface area contributed by atoms with E-state index < -0.39 is 8.07 Å². The van der Waals surface area contributed by atoms with Crippen molar-refractivity contribution >= 4 is 74.8 Å². The van der Waals surface area contributed by atoms with Gasteiger partial charge in [-0.15, -0.1) is 0 Å². The largest absolute Gasteiger partial charge is 0.376 e. The van der Waals surface area contributed by atoms with Crippen LogP contribution in [0.15, 0.2) is 40.1 Å². The highest BCUT2D eigenvalue weighted by atomic mass is 28.3. The van der Waals surface area contributed by atoms with Crippen molar-refractivity contribution in [3.63, 3.8) is 0 Å². The van der Waals surface area contributed by atoms with E-state index in [9.17, 15) is 0 Å². The van der Waals surface area contributed by atoms with E-state index in [1.165, 1.54) is 100 Å². The fourth-order valence-electron chi connectivity index (χ4n) is 10.1. The van der Waals surface area contributed by atoms with Gasteiger partial charge in [0.1, 0.15) is 0 Å². The molecule has 0 radical (unpaired) electrons. The van der Waals surface area contributed by atoms with E-state index in [4.69, 9.17) is 0 Å². The molecule has 0 saturated heterocycles. The fourth-order valence-corrected chi connectivity index (χ4v) is 17.4. The quantitative estimate of drug-likeness (QED) is 0.142. The van der Waals surface area contributed by atoms with E-state index in [0.717, 1.165) is 0 Å². The molecule has 0 fully saturated rings. The number of benzene rings is 3. The van der Waals surface area contributed by atoms with Crippen molar-refractivity contribution in [1.82, 2.24) is 0 Å². The molecule has 320 valence electrons. The maximum Gasteiger partial charge on any atom is 0.184 e. The van der Waals surface area contributed by atoms with Crippen molar-refractivity contribution in [2.24, 2.45) is 5.92 Å². The lowest BCUT2D eigenvalue weighted by Gasteiger charge is -2.48. The number of anilines is 9. The third kappa shape index (κ3) is 7.17. The van der Waals surface area contributed by atoms with Crippen LogP contribution in [-0.2, 0) is 0 Å². The third-order valence-corrected chi connectivity index (χ3v) is 18.4. The second-order valence-electron chi connectivity index (χ2n) is 18.7. The molecule has 0 amide bonds. The summed E-state index contributed by atoms with van der Waals surface area (Å²) in [7, 11) is 36.5. The zero-order valence-electron chi connectivity index (χ0n) is 41.3. The molecule has 0 aliphatic heterocycles. The molecule has 0 N–H and O–H groups in total. The molecule has 9 nitrogen and oxygen atoms in total. The number of hydrogen-bond acceptors (Lipinski definition) is 9. The maximum atomic E-state index is 2.50. The third-order valence-electron chi connectivity index (χ3n) is 12.7. The van der Waals surface area contributed by atoms with E-state index in [-0.39, 0.29) is 5.92 Å². The highest BCUT2D eigenvalue weighted by molar-refractivity contribution is 7.19. The molecule has 4 rings (SSSR count). The number of hydrogen-bond donors (Lipinski definition) is 0. The molecule has 10 heteroatoms. The summed E-state index contributed by atoms with van der Waals surface area (Å²) < 4.78 is 0. The summed E-state index contributed by atoms with van der Waals surface area (Å²) in [5.74, 6) is 0.217. The van der Waals surface area contributed by atoms with Crippen LogP contribution in [0.1, 0.15) is 44.4 Å². The minimum Gasteiger partial charge on any atom is -0.376 e. The van der Waals surface area contributed by atoms with Gasteiger partial charge in [-0.25, -0.2) is 0 Å². The standard InChI is InChI=1S/C48H79N9Si/c1-29-26-36(49(8)9)39(52(14)15)42(55(20)21)45(29)58(48-34(6)32(4)33(5)35(48)7,46-30(2)27-37(50(10)11)40(53(16)17)43(46)56(22)23)47-31(3)28-38(51(12)13)41(54(18)19)44(47)57(24)25/h26-28,34H,1-25H3. The van der Waals surface area contributed by atoms with E-state index in [2.05, 4.69) is 238 Å². The SMILES string of the molecule is CC1=C(C)C(C)C([Si](c2c(C)cc(N(C)C)c(N(C)C)c2N(C)C)(c2c(C)cc(N(C)C)c(N(C)C)c2N(C)C)c2c(C)cc(N(C)C)c(N(C)C)c2N(C)C)=C1C. The van der Waals surface area contributed by atoms with Crippen molar-refractivity contribution in [2.45, 2.75) is 48.5 Å². The molecule has 3 aromatic rings. The number of allylic oxidation sites excluding steroid dienone is 4. The molecule has 1 aliphatic rings. The normalized spacial score (nSPS) is 14.3. The topological polar surface area (TPSA) is 29.2 Å². The molecule has 0 spiro atoms. The van der Waals surface area contributed by atoms with Gasteiger partial charge >= 0.3 is 0 Å². The Morgan fingerprint density at radius 2 is 0.586 bits per heavy atom. The molecule has 0 aromatic heterocycles. The van der Waals surface area contributed by atoms with Gasteiger partial charge in [0.15, 0.2) is 8.07 Å². The van der Waals surface area contributed by atoms with Gasteiger partial charge in [-0.05, 0) is 103 Å². The molecular formula is C48H79N9Si. The van der Waals surface area contributed by atoms with Gasteiger partial charge in [0, 0.05) is 127 Å². The Hall–Kier alpha value is -4.44. The van der Waals surface area contributed by atoms with Gasteiger partial charge in [-0.1, -0.05) is 23.3 Å². The first-order valence-corrected chi connectivity index (χ1v) is 22.7. The van der Waals surface area contributed by atoms with Crippen molar-refractivity contribution in [3.05, 3.63) is 56.8 Å². The van der Waals surface area contributed by atoms with E-state index in [0.29, 0.717) is 0 Å². The number of rotatable bonds is 13. The molecule has 0 bridgehead atoms. The average Bonchev–Trinajstić information content (AvgIpc) is 3.29. The number of aryl methyl sites for hydroxylation is 3. The van der Waals surface area contributed by atoms with Crippen LogP contribution in [0.5, 0.6) is 0 Å². The summed E-state index contributed by atoms with van der Waals surface area (Å²) in [6.45, 7) is 16.9. The van der Waals surface area contributed by atoms with Crippen molar-refractivity contribution in [3.8, 4) is 0 Å². The molecular weight excluding hydrogens is 731 g/mol. The molecule has 1 atom stereocenters. The molecule has 3 aromatic carbocycles. The summed E-state index contributed by atoms with van der Waals surface area (Å²) in [4.78, 5) is 21.2. The summed E-state index contributed by atoms with van der Waals surface area (Å²) in [6.07, 6.45) is 0. The summed E-state index contributed by atoms with van der Waals surface area (Å²) >= 11 is 0. The smallest absolute Gasteiger partial charge is 0.184 e. The van der Waals surface area contributed by atoms with E-state index in [1.54, 1.807) is 5.20 Å². The van der Waals surface area contributed by atoms with Gasteiger partial charge in [0.2, 0.25) is 0 Å². The Kier molecular flexibility index (Phi) is 13.3.